The molecule has 0 radical (unpaired) electrons. The maximum absolute atomic E-state index is 12.9. The average molecular weight is 440 g/mol. The summed E-state index contributed by atoms with van der Waals surface area (Å²) >= 11 is 1.33. The van der Waals surface area contributed by atoms with Crippen LogP contribution in [0.5, 0.6) is 5.75 Å². The molecule has 1 aliphatic heterocycles. The molecular formula is C19H29N5O5S. The molecule has 0 unspecified atom stereocenters. The molecule has 1 aromatic rings. The number of nitrogens with one attached hydrogen (secondary N) is 1. The van der Waals surface area contributed by atoms with Gasteiger partial charge in [-0.2, -0.15) is 0 Å². The molecule has 2 rings (SSSR count). The van der Waals surface area contributed by atoms with Crippen LogP contribution in [0.25, 0.3) is 0 Å². The largest absolute Gasteiger partial charge is 0.496 e. The Labute approximate surface area is 179 Å². The van der Waals surface area contributed by atoms with Crippen molar-refractivity contribution in [3.05, 3.63) is 28.3 Å². The Hall–Kier alpha value is -2.37. The zero-order valence-corrected chi connectivity index (χ0v) is 18.3. The minimum atomic E-state index is -1.46. The normalized spacial score (nSPS) is 19.9. The van der Waals surface area contributed by atoms with Gasteiger partial charge in [-0.15, -0.1) is 11.8 Å². The van der Waals surface area contributed by atoms with Crippen molar-refractivity contribution in [1.82, 2.24) is 5.32 Å². The molecule has 0 aliphatic carbocycles. The number of nitrogens with zero attached hydrogens (tertiary/aromatic N) is 2. The van der Waals surface area contributed by atoms with E-state index in [-0.39, 0.29) is 5.75 Å². The van der Waals surface area contributed by atoms with E-state index in [4.69, 9.17) is 25.5 Å². The smallest absolute Gasteiger partial charge is 0.339 e. The molecule has 0 aromatic carbocycles. The highest BCUT2D eigenvalue weighted by molar-refractivity contribution is 8.16. The molecule has 0 saturated heterocycles. The van der Waals surface area contributed by atoms with E-state index in [1.165, 1.54) is 24.9 Å². The van der Waals surface area contributed by atoms with Gasteiger partial charge in [0.25, 0.3) is 5.91 Å². The summed E-state index contributed by atoms with van der Waals surface area (Å²) in [6.07, 6.45) is 1.99. The van der Waals surface area contributed by atoms with Crippen molar-refractivity contribution in [3.8, 4) is 5.75 Å². The van der Waals surface area contributed by atoms with Gasteiger partial charge in [-0.3, -0.25) is 10.5 Å². The van der Waals surface area contributed by atoms with E-state index in [0.717, 1.165) is 6.42 Å². The van der Waals surface area contributed by atoms with Gasteiger partial charge in [0.1, 0.15) is 28.9 Å². The van der Waals surface area contributed by atoms with E-state index in [1.54, 1.807) is 13.0 Å². The molecule has 10 nitrogen and oxygen atoms in total. The van der Waals surface area contributed by atoms with Crippen LogP contribution in [0.2, 0.25) is 0 Å². The van der Waals surface area contributed by atoms with E-state index in [2.05, 4.69) is 15.5 Å². The summed E-state index contributed by atoms with van der Waals surface area (Å²) in [4.78, 5) is 34.3. The van der Waals surface area contributed by atoms with Gasteiger partial charge in [-0.25, -0.2) is 9.79 Å². The Balaban J connectivity index is 2.14. The molecule has 30 heavy (non-hydrogen) atoms. The number of hydrogen-bond acceptors (Lipinski definition) is 10. The minimum Gasteiger partial charge on any atom is -0.496 e. The van der Waals surface area contributed by atoms with Gasteiger partial charge in [-0.05, 0) is 26.3 Å². The molecule has 1 amide bonds. The van der Waals surface area contributed by atoms with Gasteiger partial charge >= 0.3 is 5.63 Å². The fraction of sp³-hybridized carbons (Fsp3) is 0.579. The quantitative estimate of drug-likeness (QED) is 0.263. The second-order valence-electron chi connectivity index (χ2n) is 6.82. The number of aliphatic imine (C=N–C) groups is 1. The molecule has 2 heterocycles. The standard InChI is InChI=1S/C19H29N5O5S/c1-4-6-14(15-9-13(27-3)10-16(25)29-15)22-18(26)19(21)11-30-17(23-19)12(2)24-28-8-5-7-20/h9-10,14H,4-8,11,20-21H2,1-3H3,(H,22,26)/b24-12+/t14-,19+/m1/s1. The Morgan fingerprint density at radius 3 is 2.93 bits per heavy atom. The lowest BCUT2D eigenvalue weighted by molar-refractivity contribution is -0.126. The third kappa shape index (κ3) is 6.31. The SMILES string of the molecule is CCC[C@@H](NC(=O)[C@]1(N)CSC(/C(C)=N/OCCCN)=N1)c1cc(OC)cc(=O)o1. The van der Waals surface area contributed by atoms with Gasteiger partial charge in [0, 0.05) is 11.8 Å². The van der Waals surface area contributed by atoms with Crippen molar-refractivity contribution in [1.29, 1.82) is 0 Å². The van der Waals surface area contributed by atoms with Gasteiger partial charge < -0.3 is 25.0 Å². The number of amides is 1. The van der Waals surface area contributed by atoms with Crippen LogP contribution >= 0.6 is 11.8 Å². The van der Waals surface area contributed by atoms with E-state index in [0.29, 0.717) is 48.3 Å². The molecule has 166 valence electrons. The third-order valence-electron chi connectivity index (χ3n) is 4.30. The first-order valence-corrected chi connectivity index (χ1v) is 10.7. The predicted molar refractivity (Wildman–Crippen MR) is 117 cm³/mol. The molecule has 2 atom stereocenters. The molecular weight excluding hydrogens is 410 g/mol. The highest BCUT2D eigenvalue weighted by atomic mass is 32.2. The van der Waals surface area contributed by atoms with Gasteiger partial charge in [0.2, 0.25) is 0 Å². The number of oxime groups is 1. The summed E-state index contributed by atoms with van der Waals surface area (Å²) in [5.74, 6) is 0.451. The van der Waals surface area contributed by atoms with Crippen molar-refractivity contribution >= 4 is 28.4 Å². The minimum absolute atomic E-state index is 0.255. The third-order valence-corrected chi connectivity index (χ3v) is 5.54. The number of carbonyl (C=O) groups is 1. The second-order valence-corrected chi connectivity index (χ2v) is 7.78. The highest BCUT2D eigenvalue weighted by Crippen LogP contribution is 2.27. The lowest BCUT2D eigenvalue weighted by atomic mass is 10.1. The van der Waals surface area contributed by atoms with Crippen LogP contribution < -0.4 is 27.1 Å². The topological polar surface area (TPSA) is 155 Å². The van der Waals surface area contributed by atoms with Crippen LogP contribution in [0.4, 0.5) is 0 Å². The van der Waals surface area contributed by atoms with Crippen molar-refractivity contribution in [2.24, 2.45) is 21.6 Å². The number of carbonyl (C=O) groups excluding carboxylic acids is 1. The first-order chi connectivity index (χ1) is 14.3. The molecule has 11 heteroatoms. The monoisotopic (exact) mass is 439 g/mol. The second kappa shape index (κ2) is 11.1. The first kappa shape index (κ1) is 23.9. The summed E-state index contributed by atoms with van der Waals surface area (Å²) in [6, 6.07) is 2.28. The Morgan fingerprint density at radius 2 is 2.27 bits per heavy atom. The number of hydrogen-bond donors (Lipinski definition) is 3. The maximum atomic E-state index is 12.9. The molecule has 1 aromatic heterocycles. The maximum Gasteiger partial charge on any atom is 0.339 e. The Morgan fingerprint density at radius 1 is 1.50 bits per heavy atom. The summed E-state index contributed by atoms with van der Waals surface area (Å²) < 4.78 is 10.4. The molecule has 0 saturated carbocycles. The van der Waals surface area contributed by atoms with Crippen molar-refractivity contribution in [2.45, 2.75) is 44.8 Å². The van der Waals surface area contributed by atoms with E-state index in [1.807, 2.05) is 6.92 Å². The van der Waals surface area contributed by atoms with Gasteiger partial charge in [-0.1, -0.05) is 18.5 Å². The van der Waals surface area contributed by atoms with Gasteiger partial charge in [0.05, 0.1) is 19.2 Å². The summed E-state index contributed by atoms with van der Waals surface area (Å²) in [5, 5.41) is 7.39. The highest BCUT2D eigenvalue weighted by Gasteiger charge is 2.41. The number of nitrogens with two attached hydrogens (primary N) is 2. The lowest BCUT2D eigenvalue weighted by Crippen LogP contribution is -2.54. The van der Waals surface area contributed by atoms with Crippen molar-refractivity contribution in [3.63, 3.8) is 0 Å². The molecule has 1 aliphatic rings. The first-order valence-electron chi connectivity index (χ1n) is 9.71. The number of thioether (sulfide) groups is 1. The number of ether oxygens (including phenoxy) is 1. The predicted octanol–water partition coefficient (Wildman–Crippen LogP) is 1.15. The summed E-state index contributed by atoms with van der Waals surface area (Å²) in [7, 11) is 1.45. The molecule has 0 bridgehead atoms. The van der Waals surface area contributed by atoms with Crippen LogP contribution in [-0.2, 0) is 9.63 Å². The average Bonchev–Trinajstić information content (AvgIpc) is 3.14. The summed E-state index contributed by atoms with van der Waals surface area (Å²) in [5.41, 5.74) is 10.2. The van der Waals surface area contributed by atoms with Crippen LogP contribution in [0.1, 0.15) is 44.9 Å². The van der Waals surface area contributed by atoms with Crippen LogP contribution in [0, 0.1) is 0 Å². The zero-order chi connectivity index (χ0) is 22.1. The van der Waals surface area contributed by atoms with E-state index >= 15 is 0 Å². The Kier molecular flexibility index (Phi) is 8.88. The zero-order valence-electron chi connectivity index (χ0n) is 17.5. The molecule has 0 spiro atoms. The van der Waals surface area contributed by atoms with Crippen molar-refractivity contribution in [2.75, 3.05) is 26.0 Å². The van der Waals surface area contributed by atoms with Gasteiger partial charge in [0.15, 0.2) is 5.66 Å². The van der Waals surface area contributed by atoms with E-state index in [9.17, 15) is 9.59 Å². The van der Waals surface area contributed by atoms with Crippen LogP contribution in [0.15, 0.2) is 31.5 Å². The summed E-state index contributed by atoms with van der Waals surface area (Å²) in [6.45, 7) is 4.62. The van der Waals surface area contributed by atoms with Crippen LogP contribution in [0.3, 0.4) is 0 Å². The number of rotatable bonds is 11. The molecule has 0 fully saturated rings. The van der Waals surface area contributed by atoms with Crippen molar-refractivity contribution < 1.29 is 18.8 Å². The Bertz CT molecular complexity index is 856. The molecule has 5 N–H and O–H groups in total. The lowest BCUT2D eigenvalue weighted by Gasteiger charge is -2.23. The number of methoxy groups -OCH3 is 1. The van der Waals surface area contributed by atoms with Crippen LogP contribution in [-0.4, -0.2) is 48.3 Å². The fourth-order valence-corrected chi connectivity index (χ4v) is 3.70. The van der Waals surface area contributed by atoms with E-state index < -0.39 is 23.2 Å². The fourth-order valence-electron chi connectivity index (χ4n) is 2.68.